The van der Waals surface area contributed by atoms with Crippen LogP contribution in [0.5, 0.6) is 0 Å². The molecule has 100 valence electrons. The van der Waals surface area contributed by atoms with E-state index >= 15 is 0 Å². The predicted molar refractivity (Wildman–Crippen MR) is 71.7 cm³/mol. The Labute approximate surface area is 108 Å². The van der Waals surface area contributed by atoms with E-state index in [0.29, 0.717) is 6.54 Å². The molecular formula is C13H22N4O. The summed E-state index contributed by atoms with van der Waals surface area (Å²) in [5.74, 6) is 0. The minimum absolute atomic E-state index is 0.0182. The van der Waals surface area contributed by atoms with Crippen LogP contribution in [0.1, 0.15) is 25.1 Å². The normalized spacial score (nSPS) is 14.8. The molecule has 1 aromatic rings. The Bertz CT molecular complexity index is 451. The van der Waals surface area contributed by atoms with Gasteiger partial charge in [0.15, 0.2) is 0 Å². The Kier molecular flexibility index (Phi) is 4.49. The van der Waals surface area contributed by atoms with Gasteiger partial charge in [-0.25, -0.2) is 4.68 Å². The summed E-state index contributed by atoms with van der Waals surface area (Å²) >= 11 is 0. The monoisotopic (exact) mass is 250 g/mol. The van der Waals surface area contributed by atoms with Crippen molar-refractivity contribution in [2.75, 3.05) is 26.2 Å². The van der Waals surface area contributed by atoms with E-state index in [1.54, 1.807) is 10.7 Å². The fraction of sp³-hybridized carbons (Fsp3) is 0.692. The molecule has 5 heteroatoms. The molecule has 5 nitrogen and oxygen atoms in total. The molecule has 2 heterocycles. The van der Waals surface area contributed by atoms with E-state index in [9.17, 15) is 4.79 Å². The molecule has 1 N–H and O–H groups in total. The lowest BCUT2D eigenvalue weighted by molar-refractivity contribution is 0.281. The number of likely N-dealkylation sites (N-methyl/N-ethyl adjacent to an activating group) is 1. The molecule has 0 spiro atoms. The van der Waals surface area contributed by atoms with Crippen LogP contribution in [0.3, 0.4) is 0 Å². The highest BCUT2D eigenvalue weighted by molar-refractivity contribution is 5.20. The van der Waals surface area contributed by atoms with Gasteiger partial charge in [0.25, 0.3) is 5.56 Å². The van der Waals surface area contributed by atoms with Crippen molar-refractivity contribution in [1.29, 1.82) is 0 Å². The second-order valence-corrected chi connectivity index (χ2v) is 4.63. The Balaban J connectivity index is 2.11. The average molecular weight is 250 g/mol. The minimum Gasteiger partial charge on any atom is -0.312 e. The fourth-order valence-corrected chi connectivity index (χ4v) is 2.30. The number of fused-ring (bicyclic) bond motifs is 1. The van der Waals surface area contributed by atoms with Crippen molar-refractivity contribution in [2.45, 2.75) is 33.4 Å². The molecule has 0 aromatic carbocycles. The largest absolute Gasteiger partial charge is 0.312 e. The van der Waals surface area contributed by atoms with Crippen molar-refractivity contribution in [3.05, 3.63) is 27.7 Å². The number of nitrogens with zero attached hydrogens (tertiary/aromatic N) is 3. The van der Waals surface area contributed by atoms with Crippen LogP contribution in [0.2, 0.25) is 0 Å². The fourth-order valence-electron chi connectivity index (χ4n) is 2.30. The molecule has 1 aliphatic rings. The Morgan fingerprint density at radius 3 is 2.94 bits per heavy atom. The standard InChI is InChI=1S/C13H22N4O/c1-3-16(4-2)7-8-17-13(18)9-11-10-14-6-5-12(11)15-17/h9,14H,3-8,10H2,1-2H3. The van der Waals surface area contributed by atoms with Gasteiger partial charge in [0, 0.05) is 32.1 Å². The van der Waals surface area contributed by atoms with Crippen LogP contribution in [0, 0.1) is 0 Å². The van der Waals surface area contributed by atoms with Crippen LogP contribution in [-0.4, -0.2) is 40.9 Å². The zero-order chi connectivity index (χ0) is 13.0. The summed E-state index contributed by atoms with van der Waals surface area (Å²) < 4.78 is 1.61. The Morgan fingerprint density at radius 2 is 2.22 bits per heavy atom. The molecule has 1 aliphatic heterocycles. The quantitative estimate of drug-likeness (QED) is 0.813. The van der Waals surface area contributed by atoms with Crippen molar-refractivity contribution in [3.63, 3.8) is 0 Å². The molecule has 0 bridgehead atoms. The molecule has 0 saturated heterocycles. The number of hydrogen-bond donors (Lipinski definition) is 1. The Hall–Kier alpha value is -1.20. The smallest absolute Gasteiger partial charge is 0.267 e. The lowest BCUT2D eigenvalue weighted by Gasteiger charge is -2.20. The summed E-state index contributed by atoms with van der Waals surface area (Å²) in [4.78, 5) is 14.2. The van der Waals surface area contributed by atoms with Gasteiger partial charge in [0.1, 0.15) is 0 Å². The second kappa shape index (κ2) is 6.11. The van der Waals surface area contributed by atoms with Crippen molar-refractivity contribution in [3.8, 4) is 0 Å². The summed E-state index contributed by atoms with van der Waals surface area (Å²) in [5.41, 5.74) is 2.16. The van der Waals surface area contributed by atoms with E-state index in [1.807, 2.05) is 0 Å². The molecule has 0 aliphatic carbocycles. The highest BCUT2D eigenvalue weighted by Crippen LogP contribution is 2.07. The summed E-state index contributed by atoms with van der Waals surface area (Å²) in [6.45, 7) is 9.59. The molecule has 0 atom stereocenters. The molecule has 0 unspecified atom stereocenters. The molecule has 0 saturated carbocycles. The maximum atomic E-state index is 11.9. The molecule has 2 rings (SSSR count). The second-order valence-electron chi connectivity index (χ2n) is 4.63. The summed E-state index contributed by atoms with van der Waals surface area (Å²) in [7, 11) is 0. The SMILES string of the molecule is CCN(CC)CCn1nc2c(cc1=O)CNCC2. The molecule has 0 fully saturated rings. The topological polar surface area (TPSA) is 50.2 Å². The van der Waals surface area contributed by atoms with Gasteiger partial charge in [-0.05, 0) is 18.7 Å². The number of nitrogens with one attached hydrogen (secondary N) is 1. The van der Waals surface area contributed by atoms with Crippen LogP contribution in [0.15, 0.2) is 10.9 Å². The third-order valence-corrected chi connectivity index (χ3v) is 3.54. The van der Waals surface area contributed by atoms with Crippen molar-refractivity contribution in [2.24, 2.45) is 0 Å². The molecule has 1 aromatic heterocycles. The van der Waals surface area contributed by atoms with Gasteiger partial charge in [0.05, 0.1) is 12.2 Å². The van der Waals surface area contributed by atoms with E-state index in [1.165, 1.54) is 0 Å². The van der Waals surface area contributed by atoms with Gasteiger partial charge >= 0.3 is 0 Å². The highest BCUT2D eigenvalue weighted by atomic mass is 16.1. The summed E-state index contributed by atoms with van der Waals surface area (Å²) in [6, 6.07) is 1.73. The van der Waals surface area contributed by atoms with Gasteiger partial charge in [-0.15, -0.1) is 0 Å². The molecular weight excluding hydrogens is 228 g/mol. The first-order valence-corrected chi connectivity index (χ1v) is 6.77. The Morgan fingerprint density at radius 1 is 1.44 bits per heavy atom. The average Bonchev–Trinajstić information content (AvgIpc) is 2.40. The van der Waals surface area contributed by atoms with Crippen molar-refractivity contribution < 1.29 is 0 Å². The lowest BCUT2D eigenvalue weighted by atomic mass is 10.1. The van der Waals surface area contributed by atoms with Gasteiger partial charge < -0.3 is 10.2 Å². The van der Waals surface area contributed by atoms with Gasteiger partial charge in [0.2, 0.25) is 0 Å². The maximum Gasteiger partial charge on any atom is 0.267 e. The number of hydrogen-bond acceptors (Lipinski definition) is 4. The summed E-state index contributed by atoms with van der Waals surface area (Å²) in [6.07, 6.45) is 0.918. The van der Waals surface area contributed by atoms with Crippen LogP contribution in [0.25, 0.3) is 0 Å². The first-order chi connectivity index (χ1) is 8.74. The minimum atomic E-state index is 0.0182. The number of aromatic nitrogens is 2. The van der Waals surface area contributed by atoms with Crippen molar-refractivity contribution in [1.82, 2.24) is 20.0 Å². The first-order valence-electron chi connectivity index (χ1n) is 6.77. The summed E-state index contributed by atoms with van der Waals surface area (Å²) in [5, 5.41) is 7.75. The van der Waals surface area contributed by atoms with E-state index in [2.05, 4.69) is 29.2 Å². The third kappa shape index (κ3) is 2.97. The molecule has 18 heavy (non-hydrogen) atoms. The van der Waals surface area contributed by atoms with Gasteiger partial charge in [-0.3, -0.25) is 4.79 Å². The van der Waals surface area contributed by atoms with Gasteiger partial charge in [-0.1, -0.05) is 13.8 Å². The predicted octanol–water partition coefficient (Wildman–Crippen LogP) is 0.231. The maximum absolute atomic E-state index is 11.9. The van der Waals surface area contributed by atoms with E-state index in [-0.39, 0.29) is 5.56 Å². The first kappa shape index (κ1) is 13.2. The lowest BCUT2D eigenvalue weighted by Crippen LogP contribution is -2.35. The third-order valence-electron chi connectivity index (χ3n) is 3.54. The van der Waals surface area contributed by atoms with Crippen LogP contribution in [-0.2, 0) is 19.5 Å². The molecule has 0 radical (unpaired) electrons. The van der Waals surface area contributed by atoms with E-state index in [0.717, 1.165) is 50.4 Å². The van der Waals surface area contributed by atoms with Crippen molar-refractivity contribution >= 4 is 0 Å². The zero-order valence-electron chi connectivity index (χ0n) is 11.3. The van der Waals surface area contributed by atoms with Crippen LogP contribution < -0.4 is 10.9 Å². The highest BCUT2D eigenvalue weighted by Gasteiger charge is 2.12. The zero-order valence-corrected chi connectivity index (χ0v) is 11.3. The van der Waals surface area contributed by atoms with Crippen LogP contribution >= 0.6 is 0 Å². The van der Waals surface area contributed by atoms with Crippen LogP contribution in [0.4, 0.5) is 0 Å². The van der Waals surface area contributed by atoms with E-state index in [4.69, 9.17) is 0 Å². The molecule has 0 amide bonds. The van der Waals surface area contributed by atoms with E-state index < -0.39 is 0 Å². The van der Waals surface area contributed by atoms with Gasteiger partial charge in [-0.2, -0.15) is 5.10 Å². The number of rotatable bonds is 5.